The lowest BCUT2D eigenvalue weighted by Gasteiger charge is -2.25. The molecule has 0 spiro atoms. The first-order valence-corrected chi connectivity index (χ1v) is 5.76. The second-order valence-electron chi connectivity index (χ2n) is 4.43. The fraction of sp³-hybridized carbons (Fsp3) is 0.250. The summed E-state index contributed by atoms with van der Waals surface area (Å²) in [4.78, 5) is 0. The Morgan fingerprint density at radius 3 is 2.65 bits per heavy atom. The molecule has 4 rings (SSSR count). The van der Waals surface area contributed by atoms with Crippen molar-refractivity contribution >= 4 is 21.9 Å². The lowest BCUT2D eigenvalue weighted by molar-refractivity contribution is 0.420. The molecule has 0 amide bonds. The molecule has 1 aliphatic carbocycles. The molecule has 17 heavy (non-hydrogen) atoms. The van der Waals surface area contributed by atoms with Gasteiger partial charge in [0.15, 0.2) is 0 Å². The Morgan fingerprint density at radius 1 is 1.00 bits per heavy atom. The molecule has 1 heterocycles. The number of para-hydroxylation sites is 1. The summed E-state index contributed by atoms with van der Waals surface area (Å²) in [5.41, 5.74) is 0.437. The summed E-state index contributed by atoms with van der Waals surface area (Å²) >= 11 is 0. The van der Waals surface area contributed by atoms with Crippen molar-refractivity contribution in [2.45, 2.75) is 25.2 Å². The molecule has 0 atom stereocenters. The minimum Gasteiger partial charge on any atom is -0.456 e. The van der Waals surface area contributed by atoms with Crippen molar-refractivity contribution in [3.63, 3.8) is 0 Å². The number of fused-ring (bicyclic) bond motifs is 3. The number of benzene rings is 2. The van der Waals surface area contributed by atoms with E-state index in [9.17, 15) is 0 Å². The summed E-state index contributed by atoms with van der Waals surface area (Å²) in [6.45, 7) is 0. The van der Waals surface area contributed by atoms with E-state index in [1.807, 2.05) is 0 Å². The van der Waals surface area contributed by atoms with Crippen LogP contribution in [0.5, 0.6) is 0 Å². The summed E-state index contributed by atoms with van der Waals surface area (Å²) in [5, 5.41) is 0.356. The van der Waals surface area contributed by atoms with E-state index in [-0.39, 0.29) is 64.1 Å². The minimum absolute atomic E-state index is 0.00456. The van der Waals surface area contributed by atoms with Crippen LogP contribution in [-0.4, -0.2) is 0 Å². The van der Waals surface area contributed by atoms with Gasteiger partial charge in [-0.25, -0.2) is 0 Å². The van der Waals surface area contributed by atoms with E-state index in [4.69, 9.17) is 14.0 Å². The zero-order valence-corrected chi connectivity index (χ0v) is 9.11. The number of hydrogen-bond donors (Lipinski definition) is 0. The Bertz CT molecular complexity index is 1020. The molecule has 2 aromatic carbocycles. The molecule has 1 aliphatic rings. The summed E-state index contributed by atoms with van der Waals surface area (Å²) in [6.07, 6.45) is 2.77. The van der Waals surface area contributed by atoms with Gasteiger partial charge in [0, 0.05) is 10.8 Å². The topological polar surface area (TPSA) is 13.1 Å². The maximum Gasteiger partial charge on any atom is 0.135 e. The zero-order valence-electron chi connectivity index (χ0n) is 16.1. The molecule has 1 aromatic heterocycles. The van der Waals surface area contributed by atoms with Crippen LogP contribution in [0.3, 0.4) is 0 Å². The van der Waals surface area contributed by atoms with Gasteiger partial charge in [-0.1, -0.05) is 30.6 Å². The summed E-state index contributed by atoms with van der Waals surface area (Å²) in [6, 6.07) is -1.52. The molecule has 0 unspecified atom stereocenters. The van der Waals surface area contributed by atoms with Gasteiger partial charge < -0.3 is 4.42 Å². The highest BCUT2D eigenvalue weighted by Crippen LogP contribution is 2.39. The van der Waals surface area contributed by atoms with E-state index in [2.05, 4.69) is 0 Å². The first-order valence-electron chi connectivity index (χ1n) is 9.26. The van der Waals surface area contributed by atoms with E-state index < -0.39 is 6.04 Å². The number of furan rings is 1. The average molecular weight is 229 g/mol. The molecule has 1 heteroatoms. The van der Waals surface area contributed by atoms with Crippen LogP contribution in [-0.2, 0) is 0 Å². The van der Waals surface area contributed by atoms with Gasteiger partial charge in [-0.15, -0.1) is 0 Å². The molecule has 84 valence electrons. The summed E-state index contributed by atoms with van der Waals surface area (Å²) < 4.78 is 62.2. The third kappa shape index (κ3) is 1.32. The van der Waals surface area contributed by atoms with E-state index in [1.165, 1.54) is 0 Å². The predicted octanol–water partition coefficient (Wildman–Crippen LogP) is 4.85. The molecule has 0 saturated heterocycles. The molecule has 1 saturated carbocycles. The highest BCUT2D eigenvalue weighted by atomic mass is 16.3. The van der Waals surface area contributed by atoms with Crippen LogP contribution < -0.4 is 0 Å². The van der Waals surface area contributed by atoms with Gasteiger partial charge in [0.05, 0.1) is 9.60 Å². The summed E-state index contributed by atoms with van der Waals surface area (Å²) in [7, 11) is 0. The van der Waals surface area contributed by atoms with Gasteiger partial charge in [0.25, 0.3) is 0 Å². The molecular weight excluding hydrogens is 208 g/mol. The van der Waals surface area contributed by atoms with Crippen LogP contribution in [0, 0.1) is 0 Å². The van der Waals surface area contributed by atoms with Crippen LogP contribution in [0.1, 0.15) is 40.3 Å². The monoisotopic (exact) mass is 229 g/mol. The standard InChI is InChI=1S/C16H14O/c1-2-7-15-13(6-1)14-10-12(11-4-3-5-11)8-9-16(14)17-15/h1-2,6-11H,3-5H2/i1D,2D,6D,7D,8D,9D,10D. The minimum atomic E-state index is -0.407. The van der Waals surface area contributed by atoms with Crippen molar-refractivity contribution in [3.8, 4) is 0 Å². The third-order valence-electron chi connectivity index (χ3n) is 3.42. The molecule has 3 aromatic rings. The summed E-state index contributed by atoms with van der Waals surface area (Å²) in [5.74, 6) is 0.0685. The van der Waals surface area contributed by atoms with Gasteiger partial charge >= 0.3 is 0 Å². The fourth-order valence-electron chi connectivity index (χ4n) is 2.22. The molecule has 0 bridgehead atoms. The van der Waals surface area contributed by atoms with Crippen LogP contribution in [0.15, 0.2) is 46.7 Å². The normalized spacial score (nSPS) is 22.2. The molecule has 1 nitrogen and oxygen atoms in total. The van der Waals surface area contributed by atoms with Gasteiger partial charge in [0.2, 0.25) is 0 Å². The zero-order chi connectivity index (χ0) is 17.3. The van der Waals surface area contributed by atoms with Crippen LogP contribution >= 0.6 is 0 Å². The molecule has 0 aliphatic heterocycles. The average Bonchev–Trinajstić information content (AvgIpc) is 2.92. The Kier molecular flexibility index (Phi) is 0.960. The maximum atomic E-state index is 8.52. The second kappa shape index (κ2) is 3.36. The van der Waals surface area contributed by atoms with Crippen LogP contribution in [0.4, 0.5) is 0 Å². The van der Waals surface area contributed by atoms with Crippen molar-refractivity contribution in [1.82, 2.24) is 0 Å². The highest BCUT2D eigenvalue weighted by Gasteiger charge is 2.20. The Morgan fingerprint density at radius 2 is 1.82 bits per heavy atom. The number of rotatable bonds is 1. The first kappa shape index (κ1) is 4.85. The first-order chi connectivity index (χ1) is 11.3. The Hall–Kier alpha value is -1.76. The van der Waals surface area contributed by atoms with Gasteiger partial charge in [-0.3, -0.25) is 0 Å². The lowest BCUT2D eigenvalue weighted by Crippen LogP contribution is -2.08. The lowest BCUT2D eigenvalue weighted by atomic mass is 9.80. The van der Waals surface area contributed by atoms with Gasteiger partial charge in [-0.2, -0.15) is 0 Å². The highest BCUT2D eigenvalue weighted by molar-refractivity contribution is 6.05. The van der Waals surface area contributed by atoms with Crippen molar-refractivity contribution < 1.29 is 14.0 Å². The van der Waals surface area contributed by atoms with Crippen LogP contribution in [0.25, 0.3) is 21.9 Å². The molecular formula is C16H14O. The Balaban J connectivity index is 2.25. The maximum absolute atomic E-state index is 8.52. The van der Waals surface area contributed by atoms with E-state index >= 15 is 0 Å². The van der Waals surface area contributed by atoms with Gasteiger partial charge in [-0.05, 0) is 42.5 Å². The van der Waals surface area contributed by atoms with Crippen molar-refractivity contribution in [2.24, 2.45) is 0 Å². The smallest absolute Gasteiger partial charge is 0.135 e. The molecule has 0 N–H and O–H groups in total. The van der Waals surface area contributed by atoms with Crippen molar-refractivity contribution in [1.29, 1.82) is 0 Å². The fourth-order valence-corrected chi connectivity index (χ4v) is 2.22. The van der Waals surface area contributed by atoms with Gasteiger partial charge in [0.1, 0.15) is 11.2 Å². The van der Waals surface area contributed by atoms with E-state index in [1.54, 1.807) is 0 Å². The third-order valence-corrected chi connectivity index (χ3v) is 3.42. The molecule has 0 radical (unpaired) electrons. The van der Waals surface area contributed by atoms with Crippen molar-refractivity contribution in [3.05, 3.63) is 47.9 Å². The largest absolute Gasteiger partial charge is 0.456 e. The SMILES string of the molecule is [2H]c1c([2H])c([2H])c2c(oc3c([2H])c([2H])c(C4CCC4)c([2H])c32)c1[2H]. The van der Waals surface area contributed by atoms with E-state index in [0.29, 0.717) is 5.56 Å². The quantitative estimate of drug-likeness (QED) is 0.581. The molecule has 1 fully saturated rings. The van der Waals surface area contributed by atoms with Crippen LogP contribution in [0.2, 0.25) is 0 Å². The Labute approximate surface area is 110 Å². The van der Waals surface area contributed by atoms with Crippen molar-refractivity contribution in [2.75, 3.05) is 0 Å². The second-order valence-corrected chi connectivity index (χ2v) is 4.43. The predicted molar refractivity (Wildman–Crippen MR) is 70.3 cm³/mol. The number of hydrogen-bond acceptors (Lipinski definition) is 1. The van der Waals surface area contributed by atoms with E-state index in [0.717, 1.165) is 19.3 Å².